The van der Waals surface area contributed by atoms with E-state index in [1.54, 1.807) is 36.9 Å². The van der Waals surface area contributed by atoms with Crippen LogP contribution in [0.2, 0.25) is 0 Å². The molecule has 0 radical (unpaired) electrons. The maximum atomic E-state index is 14.4. The topological polar surface area (TPSA) is 98.5 Å². The Balaban J connectivity index is 1.51. The van der Waals surface area contributed by atoms with Gasteiger partial charge in [0.25, 0.3) is 0 Å². The number of anilines is 1. The molecule has 0 spiro atoms. The number of carbonyl (C=O) groups excluding carboxylic acids is 1. The number of nitrogens with one attached hydrogen (secondary N) is 1. The lowest BCUT2D eigenvalue weighted by molar-refractivity contribution is -0.145. The summed E-state index contributed by atoms with van der Waals surface area (Å²) in [6, 6.07) is 4.61. The number of carbonyl (C=O) groups is 1. The van der Waals surface area contributed by atoms with E-state index in [-0.39, 0.29) is 24.1 Å². The summed E-state index contributed by atoms with van der Waals surface area (Å²) in [5.74, 6) is -4.26. The molecule has 2 aliphatic rings. The van der Waals surface area contributed by atoms with Gasteiger partial charge in [-0.3, -0.25) is 4.79 Å². The fraction of sp³-hybridized carbons (Fsp3) is 0.435. The van der Waals surface area contributed by atoms with Crippen molar-refractivity contribution in [2.45, 2.75) is 51.2 Å². The van der Waals surface area contributed by atoms with E-state index in [1.165, 1.54) is 6.07 Å². The fourth-order valence-corrected chi connectivity index (χ4v) is 4.04. The number of halogens is 3. The van der Waals surface area contributed by atoms with Crippen LogP contribution in [0.15, 0.2) is 24.4 Å². The van der Waals surface area contributed by atoms with Crippen molar-refractivity contribution in [2.75, 3.05) is 12.1 Å². The molecule has 180 valence electrons. The average Bonchev–Trinajstić information content (AvgIpc) is 3.35. The Labute approximate surface area is 192 Å². The molecule has 1 aliphatic heterocycles. The zero-order valence-electron chi connectivity index (χ0n) is 18.6. The van der Waals surface area contributed by atoms with Crippen molar-refractivity contribution in [3.63, 3.8) is 0 Å². The van der Waals surface area contributed by atoms with Gasteiger partial charge in [0.1, 0.15) is 0 Å². The van der Waals surface area contributed by atoms with E-state index in [4.69, 9.17) is 9.47 Å². The summed E-state index contributed by atoms with van der Waals surface area (Å²) in [5, 5.41) is 17.6. The number of hydrogen-bond acceptors (Lipinski definition) is 6. The Morgan fingerprint density at radius 2 is 2.03 bits per heavy atom. The predicted octanol–water partition coefficient (Wildman–Crippen LogP) is 4.11. The Morgan fingerprint density at radius 3 is 2.74 bits per heavy atom. The van der Waals surface area contributed by atoms with Crippen molar-refractivity contribution in [1.29, 1.82) is 0 Å². The molecule has 8 nitrogen and oxygen atoms in total. The SMILES string of the molecule is CC(C)(O)CCn1nc(NC(=O)C2CC(F)(F)C2)c2cc(-c3cc(F)c4c(c3)OCO4)cnc21. The van der Waals surface area contributed by atoms with E-state index in [1.807, 2.05) is 0 Å². The summed E-state index contributed by atoms with van der Waals surface area (Å²) in [4.78, 5) is 17.0. The highest BCUT2D eigenvalue weighted by Crippen LogP contribution is 2.43. The normalized spacial score (nSPS) is 17.1. The number of alkyl halides is 2. The van der Waals surface area contributed by atoms with Gasteiger partial charge in [-0.05, 0) is 44.0 Å². The first-order valence-electron chi connectivity index (χ1n) is 10.9. The van der Waals surface area contributed by atoms with E-state index in [9.17, 15) is 23.1 Å². The van der Waals surface area contributed by atoms with E-state index >= 15 is 0 Å². The molecule has 11 heteroatoms. The van der Waals surface area contributed by atoms with Crippen molar-refractivity contribution in [1.82, 2.24) is 14.8 Å². The lowest BCUT2D eigenvalue weighted by atomic mass is 9.81. The monoisotopic (exact) mass is 476 g/mol. The molecule has 0 saturated heterocycles. The van der Waals surface area contributed by atoms with Crippen LogP contribution >= 0.6 is 0 Å². The third kappa shape index (κ3) is 4.27. The first kappa shape index (κ1) is 22.5. The van der Waals surface area contributed by atoms with Gasteiger partial charge in [0.05, 0.1) is 11.0 Å². The zero-order valence-corrected chi connectivity index (χ0v) is 18.6. The van der Waals surface area contributed by atoms with Crippen molar-refractivity contribution >= 4 is 22.8 Å². The largest absolute Gasteiger partial charge is 0.453 e. The average molecular weight is 476 g/mol. The highest BCUT2D eigenvalue weighted by atomic mass is 19.3. The summed E-state index contributed by atoms with van der Waals surface area (Å²) in [6.45, 7) is 3.56. The fourth-order valence-electron chi connectivity index (χ4n) is 4.04. The summed E-state index contributed by atoms with van der Waals surface area (Å²) < 4.78 is 52.9. The molecule has 5 rings (SSSR count). The first-order valence-corrected chi connectivity index (χ1v) is 10.9. The quantitative estimate of drug-likeness (QED) is 0.556. The van der Waals surface area contributed by atoms with Crippen LogP contribution in [-0.4, -0.2) is 44.1 Å². The van der Waals surface area contributed by atoms with Gasteiger partial charge in [0, 0.05) is 37.1 Å². The van der Waals surface area contributed by atoms with Gasteiger partial charge in [-0.25, -0.2) is 22.8 Å². The molecule has 3 aromatic rings. The van der Waals surface area contributed by atoms with Gasteiger partial charge >= 0.3 is 0 Å². The smallest absolute Gasteiger partial charge is 0.249 e. The van der Waals surface area contributed by atoms with Crippen LogP contribution in [0.25, 0.3) is 22.2 Å². The minimum Gasteiger partial charge on any atom is -0.453 e. The highest BCUT2D eigenvalue weighted by Gasteiger charge is 2.48. The van der Waals surface area contributed by atoms with E-state index in [2.05, 4.69) is 15.4 Å². The molecule has 1 fully saturated rings. The zero-order chi connectivity index (χ0) is 24.3. The second-order valence-corrected chi connectivity index (χ2v) is 9.37. The maximum Gasteiger partial charge on any atom is 0.249 e. The first-order chi connectivity index (χ1) is 16.0. The number of ether oxygens (including phenoxy) is 2. The van der Waals surface area contributed by atoms with E-state index in [0.717, 1.165) is 0 Å². The van der Waals surface area contributed by atoms with Crippen LogP contribution in [0.5, 0.6) is 11.5 Å². The number of rotatable bonds is 6. The number of hydrogen-bond donors (Lipinski definition) is 2. The van der Waals surface area contributed by atoms with Crippen LogP contribution in [0.4, 0.5) is 19.0 Å². The summed E-state index contributed by atoms with van der Waals surface area (Å²) >= 11 is 0. The predicted molar refractivity (Wildman–Crippen MR) is 116 cm³/mol. The van der Waals surface area contributed by atoms with Crippen LogP contribution < -0.4 is 14.8 Å². The van der Waals surface area contributed by atoms with Gasteiger partial charge < -0.3 is 19.9 Å². The maximum absolute atomic E-state index is 14.4. The Bertz CT molecular complexity index is 1280. The second-order valence-electron chi connectivity index (χ2n) is 9.37. The minimum absolute atomic E-state index is 0.0440. The highest BCUT2D eigenvalue weighted by molar-refractivity contribution is 6.01. The molecule has 1 aromatic carbocycles. The van der Waals surface area contributed by atoms with Crippen LogP contribution in [0.1, 0.15) is 33.1 Å². The Hall–Kier alpha value is -3.34. The number of aryl methyl sites for hydroxylation is 1. The third-order valence-electron chi connectivity index (χ3n) is 5.99. The van der Waals surface area contributed by atoms with Gasteiger partial charge in [0.15, 0.2) is 23.0 Å². The lowest BCUT2D eigenvalue weighted by Gasteiger charge is -2.33. The minimum atomic E-state index is -2.83. The molecule has 1 amide bonds. The molecule has 34 heavy (non-hydrogen) atoms. The van der Waals surface area contributed by atoms with Gasteiger partial charge in [0.2, 0.25) is 24.4 Å². The molecule has 0 bridgehead atoms. The number of benzene rings is 1. The van der Waals surface area contributed by atoms with E-state index in [0.29, 0.717) is 35.1 Å². The molecule has 0 unspecified atom stereocenters. The molecular weight excluding hydrogens is 453 g/mol. The van der Waals surface area contributed by atoms with Crippen molar-refractivity contribution in [3.05, 3.63) is 30.2 Å². The third-order valence-corrected chi connectivity index (χ3v) is 5.99. The lowest BCUT2D eigenvalue weighted by Crippen LogP contribution is -2.42. The van der Waals surface area contributed by atoms with Crippen LogP contribution in [-0.2, 0) is 11.3 Å². The van der Waals surface area contributed by atoms with Gasteiger partial charge in [-0.1, -0.05) is 0 Å². The van der Waals surface area contributed by atoms with Crippen molar-refractivity contribution < 1.29 is 32.5 Å². The summed E-state index contributed by atoms with van der Waals surface area (Å²) in [5.41, 5.74) is 0.501. The Morgan fingerprint density at radius 1 is 1.26 bits per heavy atom. The number of nitrogens with zero attached hydrogens (tertiary/aromatic N) is 3. The van der Waals surface area contributed by atoms with Crippen LogP contribution in [0, 0.1) is 11.7 Å². The summed E-state index contributed by atoms with van der Waals surface area (Å²) in [7, 11) is 0. The molecule has 2 N–H and O–H groups in total. The number of aromatic nitrogens is 3. The van der Waals surface area contributed by atoms with E-state index < -0.39 is 42.0 Å². The Kier molecular flexibility index (Phi) is 5.19. The number of fused-ring (bicyclic) bond motifs is 2. The van der Waals surface area contributed by atoms with Crippen molar-refractivity contribution in [3.8, 4) is 22.6 Å². The molecule has 0 atom stereocenters. The number of aliphatic hydroxyl groups is 1. The molecule has 3 heterocycles. The molecular formula is C23H23F3N4O4. The van der Waals surface area contributed by atoms with Crippen LogP contribution in [0.3, 0.4) is 0 Å². The van der Waals surface area contributed by atoms with Gasteiger partial charge in [-0.15, -0.1) is 0 Å². The molecule has 2 aromatic heterocycles. The van der Waals surface area contributed by atoms with Gasteiger partial charge in [-0.2, -0.15) is 5.10 Å². The van der Waals surface area contributed by atoms with Crippen molar-refractivity contribution in [2.24, 2.45) is 5.92 Å². The standard InChI is InChI=1S/C23H23F3N4O4/c1-22(2,32)3-4-30-20-15(19(29-30)28-21(31)14-8-23(25,26)9-14)5-13(10-27-20)12-6-16(24)18-17(7-12)33-11-34-18/h5-7,10,14,32H,3-4,8-9,11H2,1-2H3,(H,28,29,31). The second kappa shape index (κ2) is 7.86. The number of amides is 1. The molecule has 1 aliphatic carbocycles. The summed E-state index contributed by atoms with van der Waals surface area (Å²) in [6.07, 6.45) is 0.898. The number of pyridine rings is 1. The molecule has 1 saturated carbocycles.